The van der Waals surface area contributed by atoms with Crippen LogP contribution in [0.1, 0.15) is 109 Å². The molecule has 0 heterocycles. The number of aliphatic carboxylic acids is 1. The van der Waals surface area contributed by atoms with Crippen LogP contribution in [0.3, 0.4) is 0 Å². The molecule has 27 heavy (non-hydrogen) atoms. The van der Waals surface area contributed by atoms with E-state index in [1.54, 1.807) is 0 Å². The van der Waals surface area contributed by atoms with Crippen molar-refractivity contribution in [3.05, 3.63) is 35.9 Å². The summed E-state index contributed by atoms with van der Waals surface area (Å²) in [4.78, 5) is 10.5. The van der Waals surface area contributed by atoms with Gasteiger partial charge in [-0.05, 0) is 24.3 Å². The second-order valence-electron chi connectivity index (χ2n) is 8.17. The highest BCUT2D eigenvalue weighted by Gasteiger charge is 2.09. The Kier molecular flexibility index (Phi) is 14.8. The Bertz CT molecular complexity index is 455. The minimum Gasteiger partial charge on any atom is -0.481 e. The zero-order chi connectivity index (χ0) is 19.6. The van der Waals surface area contributed by atoms with E-state index in [2.05, 4.69) is 37.3 Å². The van der Waals surface area contributed by atoms with Gasteiger partial charge in [0.1, 0.15) is 0 Å². The molecule has 0 saturated heterocycles. The van der Waals surface area contributed by atoms with Gasteiger partial charge in [0, 0.05) is 6.42 Å². The molecule has 0 aliphatic heterocycles. The van der Waals surface area contributed by atoms with E-state index in [0.29, 0.717) is 6.42 Å². The molecule has 154 valence electrons. The van der Waals surface area contributed by atoms with Crippen LogP contribution in [0.2, 0.25) is 0 Å². The second kappa shape index (κ2) is 16.8. The van der Waals surface area contributed by atoms with Crippen molar-refractivity contribution in [1.82, 2.24) is 0 Å². The second-order valence-corrected chi connectivity index (χ2v) is 8.17. The van der Waals surface area contributed by atoms with E-state index < -0.39 is 5.97 Å². The number of hydrogen-bond donors (Lipinski definition) is 1. The number of unbranched alkanes of at least 4 members (excludes halogenated alkanes) is 10. The molecule has 0 fully saturated rings. The number of benzene rings is 1. The maximum atomic E-state index is 10.5. The van der Waals surface area contributed by atoms with Crippen molar-refractivity contribution >= 4 is 5.97 Å². The highest BCUT2D eigenvalue weighted by atomic mass is 16.4. The molecule has 0 aliphatic carbocycles. The van der Waals surface area contributed by atoms with Crippen molar-refractivity contribution < 1.29 is 9.90 Å². The lowest BCUT2D eigenvalue weighted by molar-refractivity contribution is -0.137. The molecule has 1 N–H and O–H groups in total. The van der Waals surface area contributed by atoms with Crippen LogP contribution in [0.25, 0.3) is 0 Å². The van der Waals surface area contributed by atoms with Gasteiger partial charge in [0.25, 0.3) is 0 Å². The van der Waals surface area contributed by atoms with Gasteiger partial charge in [-0.25, -0.2) is 0 Å². The summed E-state index contributed by atoms with van der Waals surface area (Å²) < 4.78 is 0. The molecular weight excluding hydrogens is 332 g/mol. The molecule has 0 spiro atoms. The molecule has 2 heteroatoms. The molecule has 0 saturated carbocycles. The third-order valence-electron chi connectivity index (χ3n) is 5.59. The van der Waals surface area contributed by atoms with Crippen molar-refractivity contribution in [3.63, 3.8) is 0 Å². The fourth-order valence-corrected chi connectivity index (χ4v) is 3.93. The van der Waals surface area contributed by atoms with E-state index in [1.807, 2.05) is 0 Å². The molecule has 1 aromatic carbocycles. The van der Waals surface area contributed by atoms with Gasteiger partial charge in [-0.2, -0.15) is 0 Å². The van der Waals surface area contributed by atoms with Crippen LogP contribution in [0.5, 0.6) is 0 Å². The maximum Gasteiger partial charge on any atom is 0.303 e. The Hall–Kier alpha value is -1.31. The SMILES string of the molecule is CCCCCCC(CCCCCCCCCCC(=O)O)Cc1ccccc1. The predicted molar refractivity (Wildman–Crippen MR) is 116 cm³/mol. The van der Waals surface area contributed by atoms with Crippen LogP contribution in [0.15, 0.2) is 30.3 Å². The standard InChI is InChI=1S/C25H42O2/c1-2-3-4-12-17-23(22-24-19-14-11-15-20-24)18-13-9-7-5-6-8-10-16-21-25(26)27/h11,14-15,19-20,23H,2-10,12-13,16-18,21-22H2,1H3,(H,26,27). The molecule has 1 atom stereocenters. The molecule has 1 unspecified atom stereocenters. The number of hydrogen-bond acceptors (Lipinski definition) is 1. The van der Waals surface area contributed by atoms with E-state index in [1.165, 1.54) is 89.0 Å². The van der Waals surface area contributed by atoms with Gasteiger partial charge in [0.15, 0.2) is 0 Å². The number of carboxylic acid groups (broad SMARTS) is 1. The van der Waals surface area contributed by atoms with Gasteiger partial charge in [-0.15, -0.1) is 0 Å². The first-order valence-corrected chi connectivity index (χ1v) is 11.5. The quantitative estimate of drug-likeness (QED) is 0.266. The highest BCUT2D eigenvalue weighted by Crippen LogP contribution is 2.23. The lowest BCUT2D eigenvalue weighted by Crippen LogP contribution is -2.05. The molecule has 0 radical (unpaired) electrons. The molecule has 2 nitrogen and oxygen atoms in total. The maximum absolute atomic E-state index is 10.5. The lowest BCUT2D eigenvalue weighted by Gasteiger charge is -2.17. The minimum atomic E-state index is -0.658. The highest BCUT2D eigenvalue weighted by molar-refractivity contribution is 5.66. The average Bonchev–Trinajstić information content (AvgIpc) is 2.67. The van der Waals surface area contributed by atoms with Crippen molar-refractivity contribution in [2.24, 2.45) is 5.92 Å². The van der Waals surface area contributed by atoms with Gasteiger partial charge in [0.2, 0.25) is 0 Å². The van der Waals surface area contributed by atoms with E-state index in [0.717, 1.165) is 18.8 Å². The zero-order valence-electron chi connectivity index (χ0n) is 17.6. The van der Waals surface area contributed by atoms with Gasteiger partial charge in [-0.3, -0.25) is 4.79 Å². The number of rotatable bonds is 18. The Labute approximate surface area is 167 Å². The summed E-state index contributed by atoms with van der Waals surface area (Å²) in [5, 5.41) is 8.63. The summed E-state index contributed by atoms with van der Waals surface area (Å²) in [7, 11) is 0. The monoisotopic (exact) mass is 374 g/mol. The fraction of sp³-hybridized carbons (Fsp3) is 0.720. The Morgan fingerprint density at radius 2 is 1.30 bits per heavy atom. The zero-order valence-corrected chi connectivity index (χ0v) is 17.6. The third kappa shape index (κ3) is 14.4. The van der Waals surface area contributed by atoms with Gasteiger partial charge in [0.05, 0.1) is 0 Å². The smallest absolute Gasteiger partial charge is 0.303 e. The van der Waals surface area contributed by atoms with Crippen LogP contribution in [0, 0.1) is 5.92 Å². The molecule has 0 amide bonds. The van der Waals surface area contributed by atoms with Crippen LogP contribution in [-0.2, 0) is 11.2 Å². The normalized spacial score (nSPS) is 12.2. The van der Waals surface area contributed by atoms with E-state index in [4.69, 9.17) is 5.11 Å². The van der Waals surface area contributed by atoms with E-state index in [-0.39, 0.29) is 0 Å². The topological polar surface area (TPSA) is 37.3 Å². The summed E-state index contributed by atoms with van der Waals surface area (Å²) >= 11 is 0. The Morgan fingerprint density at radius 3 is 1.85 bits per heavy atom. The van der Waals surface area contributed by atoms with Crippen molar-refractivity contribution in [3.8, 4) is 0 Å². The van der Waals surface area contributed by atoms with Crippen molar-refractivity contribution in [2.75, 3.05) is 0 Å². The lowest BCUT2D eigenvalue weighted by atomic mass is 9.89. The van der Waals surface area contributed by atoms with E-state index >= 15 is 0 Å². The first-order valence-electron chi connectivity index (χ1n) is 11.5. The summed E-state index contributed by atoms with van der Waals surface area (Å²) in [5.41, 5.74) is 1.50. The average molecular weight is 375 g/mol. The summed E-state index contributed by atoms with van der Waals surface area (Å²) in [6.45, 7) is 2.29. The Morgan fingerprint density at radius 1 is 0.778 bits per heavy atom. The minimum absolute atomic E-state index is 0.334. The molecule has 0 bridgehead atoms. The Balaban J connectivity index is 2.12. The van der Waals surface area contributed by atoms with E-state index in [9.17, 15) is 4.79 Å². The number of carbonyl (C=O) groups is 1. The summed E-state index contributed by atoms with van der Waals surface area (Å²) in [5.74, 6) is 0.190. The number of carboxylic acids is 1. The van der Waals surface area contributed by atoms with Crippen LogP contribution < -0.4 is 0 Å². The fourth-order valence-electron chi connectivity index (χ4n) is 3.93. The van der Waals surface area contributed by atoms with Crippen LogP contribution in [-0.4, -0.2) is 11.1 Å². The molecule has 1 rings (SSSR count). The summed E-state index contributed by atoms with van der Waals surface area (Å²) in [6.07, 6.45) is 19.6. The largest absolute Gasteiger partial charge is 0.481 e. The molecule has 1 aromatic rings. The molecule has 0 aliphatic rings. The van der Waals surface area contributed by atoms with Gasteiger partial charge in [-0.1, -0.05) is 121 Å². The molecular formula is C25H42O2. The van der Waals surface area contributed by atoms with Crippen molar-refractivity contribution in [1.29, 1.82) is 0 Å². The summed E-state index contributed by atoms with van der Waals surface area (Å²) in [6, 6.07) is 11.0. The molecule has 0 aromatic heterocycles. The van der Waals surface area contributed by atoms with Gasteiger partial charge >= 0.3 is 5.97 Å². The van der Waals surface area contributed by atoms with Crippen LogP contribution >= 0.6 is 0 Å². The van der Waals surface area contributed by atoms with Crippen molar-refractivity contribution in [2.45, 2.75) is 110 Å². The first kappa shape index (κ1) is 23.7. The van der Waals surface area contributed by atoms with Gasteiger partial charge < -0.3 is 5.11 Å². The van der Waals surface area contributed by atoms with Crippen LogP contribution in [0.4, 0.5) is 0 Å². The predicted octanol–water partition coefficient (Wildman–Crippen LogP) is 7.80. The third-order valence-corrected chi connectivity index (χ3v) is 5.59. The first-order chi connectivity index (χ1) is 13.2.